The highest BCUT2D eigenvalue weighted by Gasteiger charge is 2.22. The number of rotatable bonds is 8. The third-order valence-corrected chi connectivity index (χ3v) is 5.63. The van der Waals surface area contributed by atoms with E-state index in [0.29, 0.717) is 23.3 Å². The molecule has 3 N–H and O–H groups in total. The lowest BCUT2D eigenvalue weighted by Crippen LogP contribution is -2.36. The van der Waals surface area contributed by atoms with Gasteiger partial charge in [-0.3, -0.25) is 4.79 Å². The van der Waals surface area contributed by atoms with E-state index >= 15 is 0 Å². The van der Waals surface area contributed by atoms with Crippen LogP contribution in [-0.2, 0) is 16.1 Å². The molecule has 2 heterocycles. The van der Waals surface area contributed by atoms with Crippen LogP contribution in [0.15, 0.2) is 33.9 Å². The molecule has 0 radical (unpaired) electrons. The van der Waals surface area contributed by atoms with Crippen molar-refractivity contribution in [3.8, 4) is 5.75 Å². The van der Waals surface area contributed by atoms with Gasteiger partial charge in [0.15, 0.2) is 5.82 Å². The van der Waals surface area contributed by atoms with Crippen molar-refractivity contribution in [2.45, 2.75) is 42.9 Å². The lowest BCUT2D eigenvalue weighted by molar-refractivity contribution is -0.120. The first-order chi connectivity index (χ1) is 13.0. The van der Waals surface area contributed by atoms with Gasteiger partial charge in [0.05, 0.1) is 11.4 Å². The van der Waals surface area contributed by atoms with Crippen LogP contribution < -0.4 is 15.9 Å². The van der Waals surface area contributed by atoms with E-state index in [2.05, 4.69) is 31.4 Å². The Morgan fingerprint density at radius 1 is 1.56 bits per heavy atom. The van der Waals surface area contributed by atoms with Crippen LogP contribution in [-0.4, -0.2) is 45.3 Å². The lowest BCUT2D eigenvalue weighted by Gasteiger charge is -2.14. The number of nitrogens with one attached hydrogen (secondary N) is 1. The van der Waals surface area contributed by atoms with Gasteiger partial charge >= 0.3 is 0 Å². The fraction of sp³-hybridized carbons (Fsp3) is 0.471. The van der Waals surface area contributed by atoms with Gasteiger partial charge in [0.25, 0.3) is 0 Å². The number of benzene rings is 1. The van der Waals surface area contributed by atoms with E-state index in [1.165, 1.54) is 16.4 Å². The molecule has 8 nitrogen and oxygen atoms in total. The van der Waals surface area contributed by atoms with Crippen LogP contribution in [0.25, 0.3) is 0 Å². The molecule has 2 atom stereocenters. The normalized spacial score (nSPS) is 17.6. The molecule has 3 rings (SSSR count). The second-order valence-electron chi connectivity index (χ2n) is 6.16. The zero-order valence-electron chi connectivity index (χ0n) is 14.9. The monoisotopic (exact) mass is 455 g/mol. The van der Waals surface area contributed by atoms with Crippen LogP contribution in [0.3, 0.4) is 0 Å². The van der Waals surface area contributed by atoms with Gasteiger partial charge in [0, 0.05) is 17.6 Å². The first kappa shape index (κ1) is 20.0. The van der Waals surface area contributed by atoms with Gasteiger partial charge < -0.3 is 20.6 Å². The smallest absolute Gasteiger partial charge is 0.233 e. The molecule has 1 aromatic carbocycles. The predicted octanol–water partition coefficient (Wildman–Crippen LogP) is 2.11. The quantitative estimate of drug-likeness (QED) is 0.463. The van der Waals surface area contributed by atoms with Crippen LogP contribution in [0.4, 0.5) is 0 Å². The highest BCUT2D eigenvalue weighted by atomic mass is 79.9. The van der Waals surface area contributed by atoms with Crippen molar-refractivity contribution in [1.29, 1.82) is 0 Å². The molecular weight excluding hydrogens is 434 g/mol. The minimum atomic E-state index is -0.350. The van der Waals surface area contributed by atoms with Crippen LogP contribution >= 0.6 is 27.7 Å². The van der Waals surface area contributed by atoms with E-state index in [0.717, 1.165) is 23.9 Å². The molecule has 0 bridgehead atoms. The molecule has 27 heavy (non-hydrogen) atoms. The Kier molecular flexibility index (Phi) is 6.97. The molecule has 1 aromatic heterocycles. The van der Waals surface area contributed by atoms with Gasteiger partial charge in [-0.15, -0.1) is 10.2 Å². The highest BCUT2D eigenvalue weighted by molar-refractivity contribution is 9.10. The molecule has 0 saturated carbocycles. The fourth-order valence-electron chi connectivity index (χ4n) is 2.57. The average molecular weight is 456 g/mol. The highest BCUT2D eigenvalue weighted by Crippen LogP contribution is 2.22. The summed E-state index contributed by atoms with van der Waals surface area (Å²) in [5.74, 6) is 7.14. The molecule has 1 aliphatic rings. The summed E-state index contributed by atoms with van der Waals surface area (Å²) in [4.78, 5) is 12.2. The number of hydrogen-bond acceptors (Lipinski definition) is 7. The molecule has 0 spiro atoms. The summed E-state index contributed by atoms with van der Waals surface area (Å²) in [6.07, 6.45) is 2.15. The minimum Gasteiger partial charge on any atom is -0.485 e. The van der Waals surface area contributed by atoms with Crippen molar-refractivity contribution in [2.75, 3.05) is 19.0 Å². The van der Waals surface area contributed by atoms with Gasteiger partial charge in [-0.2, -0.15) is 0 Å². The summed E-state index contributed by atoms with van der Waals surface area (Å²) in [5, 5.41) is 11.1. The SMILES string of the molecule is C[C@H](Sc1nnc(COc2cccc(Br)c2)n1N)C(=O)NC[C@H]1CCCO1. The summed E-state index contributed by atoms with van der Waals surface area (Å²) in [7, 11) is 0. The average Bonchev–Trinajstić information content (AvgIpc) is 3.29. The number of carbonyl (C=O) groups is 1. The van der Waals surface area contributed by atoms with Crippen molar-refractivity contribution in [2.24, 2.45) is 0 Å². The Hall–Kier alpha value is -1.78. The van der Waals surface area contributed by atoms with Crippen molar-refractivity contribution >= 4 is 33.6 Å². The largest absolute Gasteiger partial charge is 0.485 e. The Morgan fingerprint density at radius 2 is 2.41 bits per heavy atom. The Bertz CT molecular complexity index is 782. The number of nitrogens with two attached hydrogens (primary N) is 1. The minimum absolute atomic E-state index is 0.0783. The maximum atomic E-state index is 12.2. The van der Waals surface area contributed by atoms with Crippen LogP contribution in [0.2, 0.25) is 0 Å². The number of ether oxygens (including phenoxy) is 2. The van der Waals surface area contributed by atoms with Gasteiger partial charge in [0.1, 0.15) is 12.4 Å². The summed E-state index contributed by atoms with van der Waals surface area (Å²) < 4.78 is 13.5. The van der Waals surface area contributed by atoms with E-state index < -0.39 is 0 Å². The number of carbonyl (C=O) groups excluding carboxylic acids is 1. The van der Waals surface area contributed by atoms with Gasteiger partial charge in [-0.25, -0.2) is 4.68 Å². The molecular formula is C17H22BrN5O3S. The third kappa shape index (κ3) is 5.60. The molecule has 0 unspecified atom stereocenters. The predicted molar refractivity (Wildman–Crippen MR) is 106 cm³/mol. The summed E-state index contributed by atoms with van der Waals surface area (Å²) in [5.41, 5.74) is 0. The van der Waals surface area contributed by atoms with Gasteiger partial charge in [-0.05, 0) is 38.0 Å². The molecule has 1 fully saturated rings. The molecule has 10 heteroatoms. The second kappa shape index (κ2) is 9.43. The van der Waals surface area contributed by atoms with Crippen molar-refractivity contribution in [3.05, 3.63) is 34.6 Å². The lowest BCUT2D eigenvalue weighted by atomic mass is 10.2. The summed E-state index contributed by atoms with van der Waals surface area (Å²) >= 11 is 4.65. The number of amides is 1. The molecule has 1 aliphatic heterocycles. The molecule has 0 aliphatic carbocycles. The maximum absolute atomic E-state index is 12.2. The van der Waals surface area contributed by atoms with E-state index in [1.807, 2.05) is 31.2 Å². The fourth-order valence-corrected chi connectivity index (χ4v) is 3.76. The number of hydrogen-bond donors (Lipinski definition) is 2. The number of aromatic nitrogens is 3. The Labute approximate surface area is 170 Å². The van der Waals surface area contributed by atoms with E-state index in [-0.39, 0.29) is 23.9 Å². The van der Waals surface area contributed by atoms with E-state index in [1.54, 1.807) is 0 Å². The second-order valence-corrected chi connectivity index (χ2v) is 8.38. The first-order valence-electron chi connectivity index (χ1n) is 8.66. The van der Waals surface area contributed by atoms with Crippen molar-refractivity contribution in [1.82, 2.24) is 20.2 Å². The number of nitrogen functional groups attached to an aromatic ring is 1. The van der Waals surface area contributed by atoms with Crippen LogP contribution in [0, 0.1) is 0 Å². The third-order valence-electron chi connectivity index (χ3n) is 4.08. The van der Waals surface area contributed by atoms with Crippen LogP contribution in [0.1, 0.15) is 25.6 Å². The van der Waals surface area contributed by atoms with Gasteiger partial charge in [-0.1, -0.05) is 33.8 Å². The molecule has 1 saturated heterocycles. The number of nitrogens with zero attached hydrogens (tertiary/aromatic N) is 3. The number of thioether (sulfide) groups is 1. The first-order valence-corrected chi connectivity index (χ1v) is 10.3. The molecule has 1 amide bonds. The standard InChI is InChI=1S/C17H22BrN5O3S/c1-11(16(24)20-9-14-6-3-7-25-14)27-17-22-21-15(23(17)19)10-26-13-5-2-4-12(18)8-13/h2,4-5,8,11,14H,3,6-7,9-10,19H2,1H3,(H,20,24)/t11-,14+/m0/s1. The van der Waals surface area contributed by atoms with Crippen molar-refractivity contribution in [3.63, 3.8) is 0 Å². The summed E-state index contributed by atoms with van der Waals surface area (Å²) in [6.45, 7) is 3.29. The Morgan fingerprint density at radius 3 is 3.15 bits per heavy atom. The van der Waals surface area contributed by atoms with Crippen molar-refractivity contribution < 1.29 is 14.3 Å². The zero-order valence-corrected chi connectivity index (χ0v) is 17.3. The Balaban J connectivity index is 1.50. The van der Waals surface area contributed by atoms with Crippen LogP contribution in [0.5, 0.6) is 5.75 Å². The van der Waals surface area contributed by atoms with E-state index in [4.69, 9.17) is 15.3 Å². The maximum Gasteiger partial charge on any atom is 0.233 e. The number of halogens is 1. The zero-order chi connectivity index (χ0) is 19.2. The topological polar surface area (TPSA) is 104 Å². The molecule has 146 valence electrons. The molecule has 2 aromatic rings. The summed E-state index contributed by atoms with van der Waals surface area (Å²) in [6, 6.07) is 7.49. The van der Waals surface area contributed by atoms with E-state index in [9.17, 15) is 4.79 Å². The van der Waals surface area contributed by atoms with Gasteiger partial charge in [0.2, 0.25) is 11.1 Å².